The lowest BCUT2D eigenvalue weighted by Gasteiger charge is -2.19. The zero-order chi connectivity index (χ0) is 19.7. The van der Waals surface area contributed by atoms with E-state index in [9.17, 15) is 9.18 Å². The molecule has 2 aromatic carbocycles. The summed E-state index contributed by atoms with van der Waals surface area (Å²) in [6.07, 6.45) is 2.37. The summed E-state index contributed by atoms with van der Waals surface area (Å²) in [5.41, 5.74) is 13.0. The van der Waals surface area contributed by atoms with E-state index in [1.54, 1.807) is 13.8 Å². The van der Waals surface area contributed by atoms with Crippen LogP contribution in [0.1, 0.15) is 66.0 Å². The van der Waals surface area contributed by atoms with Gasteiger partial charge in [0.15, 0.2) is 0 Å². The molecule has 0 amide bonds. The summed E-state index contributed by atoms with van der Waals surface area (Å²) in [6.45, 7) is 8.00. The van der Waals surface area contributed by atoms with E-state index in [1.165, 1.54) is 35.1 Å². The van der Waals surface area contributed by atoms with Crippen molar-refractivity contribution in [2.75, 3.05) is 6.61 Å². The predicted molar refractivity (Wildman–Crippen MR) is 106 cm³/mol. The van der Waals surface area contributed by atoms with Gasteiger partial charge < -0.3 is 10.5 Å². The first kappa shape index (κ1) is 19.6. The molecule has 0 aromatic heterocycles. The number of aryl methyl sites for hydroxylation is 3. The molecule has 1 fully saturated rings. The molecule has 0 radical (unpaired) electrons. The number of hydrogen-bond acceptors (Lipinski definition) is 3. The lowest BCUT2D eigenvalue weighted by Crippen LogP contribution is -2.19. The second kappa shape index (κ2) is 7.81. The molecule has 0 saturated heterocycles. The van der Waals surface area contributed by atoms with Crippen LogP contribution in [0.25, 0.3) is 11.1 Å². The van der Waals surface area contributed by atoms with Crippen LogP contribution < -0.4 is 5.73 Å². The van der Waals surface area contributed by atoms with Crippen LogP contribution in [0.3, 0.4) is 0 Å². The van der Waals surface area contributed by atoms with Crippen molar-refractivity contribution in [1.29, 1.82) is 0 Å². The number of halogens is 1. The summed E-state index contributed by atoms with van der Waals surface area (Å²) in [6, 6.07) is 7.39. The van der Waals surface area contributed by atoms with Crippen molar-refractivity contribution < 1.29 is 13.9 Å². The molecule has 0 aliphatic heterocycles. The van der Waals surface area contributed by atoms with E-state index in [1.807, 2.05) is 12.1 Å². The third-order valence-electron chi connectivity index (χ3n) is 5.19. The maximum Gasteiger partial charge on any atom is 0.307 e. The standard InChI is InChI=1S/C23H28FNO2/c1-5-27-21(26)12-20(25)19-11-17(10-15(4)23(19)24)22-14(3)8-13(2)9-18(22)16-6-7-16/h8-11,16,20H,5-7,12,25H2,1-4H3/t20-/m0/s1. The molecule has 27 heavy (non-hydrogen) atoms. The Labute approximate surface area is 160 Å². The number of hydrogen-bond donors (Lipinski definition) is 1. The smallest absolute Gasteiger partial charge is 0.307 e. The highest BCUT2D eigenvalue weighted by molar-refractivity contribution is 5.75. The van der Waals surface area contributed by atoms with Gasteiger partial charge in [0.05, 0.1) is 13.0 Å². The van der Waals surface area contributed by atoms with Crippen LogP contribution in [0, 0.1) is 26.6 Å². The Morgan fingerprint density at radius 1 is 1.19 bits per heavy atom. The van der Waals surface area contributed by atoms with Gasteiger partial charge in [0.25, 0.3) is 0 Å². The third-order valence-corrected chi connectivity index (χ3v) is 5.19. The van der Waals surface area contributed by atoms with Crippen LogP contribution >= 0.6 is 0 Å². The monoisotopic (exact) mass is 369 g/mol. The van der Waals surface area contributed by atoms with Crippen LogP contribution in [-0.2, 0) is 9.53 Å². The topological polar surface area (TPSA) is 52.3 Å². The van der Waals surface area contributed by atoms with E-state index in [4.69, 9.17) is 10.5 Å². The van der Waals surface area contributed by atoms with E-state index < -0.39 is 12.0 Å². The van der Waals surface area contributed by atoms with Crippen LogP contribution in [0.2, 0.25) is 0 Å². The number of carbonyl (C=O) groups excluding carboxylic acids is 1. The minimum absolute atomic E-state index is 0.0317. The molecule has 0 heterocycles. The first-order valence-corrected chi connectivity index (χ1v) is 9.64. The van der Waals surface area contributed by atoms with Crippen LogP contribution in [0.4, 0.5) is 4.39 Å². The van der Waals surface area contributed by atoms with Gasteiger partial charge in [-0.25, -0.2) is 4.39 Å². The van der Waals surface area contributed by atoms with Crippen LogP contribution in [0.5, 0.6) is 0 Å². The highest BCUT2D eigenvalue weighted by atomic mass is 19.1. The largest absolute Gasteiger partial charge is 0.466 e. The summed E-state index contributed by atoms with van der Waals surface area (Å²) in [7, 11) is 0. The van der Waals surface area contributed by atoms with Crippen molar-refractivity contribution in [3.05, 3.63) is 57.9 Å². The Bertz CT molecular complexity index is 871. The highest BCUT2D eigenvalue weighted by Crippen LogP contribution is 2.46. The molecule has 1 aliphatic carbocycles. The SMILES string of the molecule is CCOC(=O)C[C@H](N)c1cc(-c2c(C)cc(C)cc2C2CC2)cc(C)c1F. The lowest BCUT2D eigenvalue weighted by atomic mass is 9.88. The normalized spacial score (nSPS) is 14.9. The van der Waals surface area contributed by atoms with E-state index in [0.29, 0.717) is 23.7 Å². The molecule has 4 heteroatoms. The maximum absolute atomic E-state index is 14.8. The van der Waals surface area contributed by atoms with Crippen molar-refractivity contribution in [3.8, 4) is 11.1 Å². The van der Waals surface area contributed by atoms with Gasteiger partial charge in [-0.05, 0) is 86.4 Å². The summed E-state index contributed by atoms with van der Waals surface area (Å²) < 4.78 is 19.8. The minimum Gasteiger partial charge on any atom is -0.466 e. The Morgan fingerprint density at radius 3 is 2.52 bits per heavy atom. The molecular formula is C23H28FNO2. The zero-order valence-electron chi connectivity index (χ0n) is 16.6. The Kier molecular flexibility index (Phi) is 5.66. The molecule has 1 atom stereocenters. The van der Waals surface area contributed by atoms with Gasteiger partial charge in [0, 0.05) is 11.6 Å². The third kappa shape index (κ3) is 4.22. The molecule has 2 N–H and O–H groups in total. The molecule has 1 saturated carbocycles. The summed E-state index contributed by atoms with van der Waals surface area (Å²) in [5, 5.41) is 0. The van der Waals surface area contributed by atoms with Crippen molar-refractivity contribution in [2.24, 2.45) is 5.73 Å². The Hall–Kier alpha value is -2.20. The first-order chi connectivity index (χ1) is 12.8. The van der Waals surface area contributed by atoms with Crippen LogP contribution in [-0.4, -0.2) is 12.6 Å². The Balaban J connectivity index is 2.06. The van der Waals surface area contributed by atoms with Crippen molar-refractivity contribution in [1.82, 2.24) is 0 Å². The minimum atomic E-state index is -0.724. The Morgan fingerprint density at radius 2 is 1.89 bits per heavy atom. The fourth-order valence-electron chi connectivity index (χ4n) is 3.83. The fraction of sp³-hybridized carbons (Fsp3) is 0.435. The number of benzene rings is 2. The van der Waals surface area contributed by atoms with Crippen molar-refractivity contribution >= 4 is 5.97 Å². The van der Waals surface area contributed by atoms with Gasteiger partial charge in [0.2, 0.25) is 0 Å². The van der Waals surface area contributed by atoms with Crippen molar-refractivity contribution in [3.63, 3.8) is 0 Å². The highest BCUT2D eigenvalue weighted by Gasteiger charge is 2.28. The molecule has 0 bridgehead atoms. The average molecular weight is 369 g/mol. The van der Waals surface area contributed by atoms with Crippen molar-refractivity contribution in [2.45, 2.75) is 58.9 Å². The summed E-state index contributed by atoms with van der Waals surface area (Å²) in [4.78, 5) is 11.8. The number of rotatable bonds is 6. The molecule has 144 valence electrons. The molecule has 3 rings (SSSR count). The summed E-state index contributed by atoms with van der Waals surface area (Å²) in [5.74, 6) is -0.161. The van der Waals surface area contributed by atoms with Gasteiger partial charge in [-0.15, -0.1) is 0 Å². The quantitative estimate of drug-likeness (QED) is 0.708. The molecule has 3 nitrogen and oxygen atoms in total. The maximum atomic E-state index is 14.8. The van der Waals surface area contributed by atoms with E-state index in [-0.39, 0.29) is 12.2 Å². The van der Waals surface area contributed by atoms with E-state index >= 15 is 0 Å². The van der Waals surface area contributed by atoms with Gasteiger partial charge >= 0.3 is 5.97 Å². The number of carbonyl (C=O) groups is 1. The lowest BCUT2D eigenvalue weighted by molar-refractivity contribution is -0.143. The van der Waals surface area contributed by atoms with Gasteiger partial charge in [-0.2, -0.15) is 0 Å². The van der Waals surface area contributed by atoms with Gasteiger partial charge in [0.1, 0.15) is 5.82 Å². The fourth-order valence-corrected chi connectivity index (χ4v) is 3.83. The summed E-state index contributed by atoms with van der Waals surface area (Å²) >= 11 is 0. The molecule has 2 aromatic rings. The number of ether oxygens (including phenoxy) is 1. The predicted octanol–water partition coefficient (Wildman–Crippen LogP) is 5.25. The molecule has 1 aliphatic rings. The molecule has 0 spiro atoms. The van der Waals surface area contributed by atoms with Crippen LogP contribution in [0.15, 0.2) is 24.3 Å². The second-order valence-electron chi connectivity index (χ2n) is 7.63. The molecule has 0 unspecified atom stereocenters. The van der Waals surface area contributed by atoms with Gasteiger partial charge in [-0.3, -0.25) is 4.79 Å². The molecular weight excluding hydrogens is 341 g/mol. The average Bonchev–Trinajstić information content (AvgIpc) is 3.41. The first-order valence-electron chi connectivity index (χ1n) is 9.64. The van der Waals surface area contributed by atoms with E-state index in [2.05, 4.69) is 26.0 Å². The number of esters is 1. The zero-order valence-corrected chi connectivity index (χ0v) is 16.6. The van der Waals surface area contributed by atoms with Gasteiger partial charge in [-0.1, -0.05) is 17.7 Å². The number of nitrogens with two attached hydrogens (primary N) is 1. The van der Waals surface area contributed by atoms with E-state index in [0.717, 1.165) is 5.56 Å². The second-order valence-corrected chi connectivity index (χ2v) is 7.63.